The van der Waals surface area contributed by atoms with Gasteiger partial charge < -0.3 is 15.0 Å². The van der Waals surface area contributed by atoms with E-state index in [4.69, 9.17) is 4.74 Å². The molecule has 1 amide bonds. The number of rotatable bonds is 5. The number of piperidine rings is 1. The van der Waals surface area contributed by atoms with Gasteiger partial charge in [0.05, 0.1) is 6.10 Å². The second kappa shape index (κ2) is 8.17. The quantitative estimate of drug-likeness (QED) is 0.882. The number of nitrogens with one attached hydrogen (secondary N) is 1. The van der Waals surface area contributed by atoms with Gasteiger partial charge in [-0.2, -0.15) is 0 Å². The third-order valence-electron chi connectivity index (χ3n) is 4.33. The van der Waals surface area contributed by atoms with Crippen molar-refractivity contribution in [1.82, 2.24) is 15.1 Å². The monoisotopic (exact) mass is 354 g/mol. The first kappa shape index (κ1) is 18.2. The number of likely N-dealkylation sites (tertiary alicyclic amines) is 1. The number of hydrogen-bond acceptors (Lipinski definition) is 5. The second-order valence-electron chi connectivity index (χ2n) is 7.12. The second-order valence-corrected chi connectivity index (χ2v) is 7.12. The lowest BCUT2D eigenvalue weighted by Gasteiger charge is -2.30. The van der Waals surface area contributed by atoms with Gasteiger partial charge in [0.25, 0.3) is 5.91 Å². The maximum atomic E-state index is 12.5. The van der Waals surface area contributed by atoms with E-state index in [1.54, 1.807) is 12.1 Å². The molecule has 0 bridgehead atoms. The van der Waals surface area contributed by atoms with Crippen LogP contribution in [0.2, 0.25) is 0 Å². The molecule has 1 fully saturated rings. The molecule has 0 saturated carbocycles. The molecule has 6 nitrogen and oxygen atoms in total. The summed E-state index contributed by atoms with van der Waals surface area (Å²) >= 11 is 0. The zero-order valence-corrected chi connectivity index (χ0v) is 15.6. The Morgan fingerprint density at radius 3 is 2.58 bits per heavy atom. The fraction of sp³-hybridized carbons (Fsp3) is 0.450. The van der Waals surface area contributed by atoms with Crippen molar-refractivity contribution in [3.05, 3.63) is 42.1 Å². The molecule has 1 aliphatic heterocycles. The van der Waals surface area contributed by atoms with E-state index in [2.05, 4.69) is 22.4 Å². The molecule has 0 aliphatic carbocycles. The van der Waals surface area contributed by atoms with Crippen molar-refractivity contribution in [2.75, 3.05) is 18.4 Å². The van der Waals surface area contributed by atoms with E-state index < -0.39 is 0 Å². The molecule has 6 heteroatoms. The van der Waals surface area contributed by atoms with E-state index in [0.29, 0.717) is 17.4 Å². The minimum atomic E-state index is -0.0363. The molecule has 1 atom stereocenters. The van der Waals surface area contributed by atoms with Crippen molar-refractivity contribution < 1.29 is 9.53 Å². The summed E-state index contributed by atoms with van der Waals surface area (Å²) in [4.78, 5) is 14.4. The van der Waals surface area contributed by atoms with Gasteiger partial charge in [-0.05, 0) is 69.0 Å². The molecular weight excluding hydrogens is 328 g/mol. The van der Waals surface area contributed by atoms with Gasteiger partial charge in [0.15, 0.2) is 11.5 Å². The molecular formula is C20H26N4O2. The number of aromatic nitrogens is 2. The molecule has 0 radical (unpaired) electrons. The van der Waals surface area contributed by atoms with E-state index in [-0.39, 0.29) is 12.0 Å². The van der Waals surface area contributed by atoms with Gasteiger partial charge in [0.1, 0.15) is 5.75 Å². The number of ether oxygens (including phenoxy) is 1. The molecule has 138 valence electrons. The van der Waals surface area contributed by atoms with Crippen molar-refractivity contribution in [1.29, 1.82) is 0 Å². The molecule has 1 N–H and O–H groups in total. The topological polar surface area (TPSA) is 67.4 Å². The van der Waals surface area contributed by atoms with Crippen LogP contribution in [0, 0.1) is 5.92 Å². The minimum Gasteiger partial charge on any atom is -0.491 e. The number of nitrogens with zero attached hydrogens (tertiary/aromatic N) is 3. The van der Waals surface area contributed by atoms with Gasteiger partial charge in [-0.15, -0.1) is 10.2 Å². The predicted molar refractivity (Wildman–Crippen MR) is 102 cm³/mol. The predicted octanol–water partition coefficient (Wildman–Crippen LogP) is 3.88. The van der Waals surface area contributed by atoms with Crippen LogP contribution < -0.4 is 10.1 Å². The van der Waals surface area contributed by atoms with E-state index in [0.717, 1.165) is 30.9 Å². The Kier molecular flexibility index (Phi) is 5.71. The Hall–Kier alpha value is -2.63. The smallest absolute Gasteiger partial charge is 0.274 e. The van der Waals surface area contributed by atoms with Crippen molar-refractivity contribution in [2.45, 2.75) is 39.7 Å². The highest BCUT2D eigenvalue weighted by molar-refractivity contribution is 5.92. The average Bonchev–Trinajstić information content (AvgIpc) is 2.63. The summed E-state index contributed by atoms with van der Waals surface area (Å²) in [7, 11) is 0. The number of anilines is 2. The highest BCUT2D eigenvalue weighted by Crippen LogP contribution is 2.20. The lowest BCUT2D eigenvalue weighted by molar-refractivity contribution is 0.0676. The van der Waals surface area contributed by atoms with E-state index in [1.807, 2.05) is 43.0 Å². The first-order valence-electron chi connectivity index (χ1n) is 9.18. The van der Waals surface area contributed by atoms with Gasteiger partial charge >= 0.3 is 0 Å². The van der Waals surface area contributed by atoms with Crippen LogP contribution in [-0.2, 0) is 0 Å². The van der Waals surface area contributed by atoms with Crippen LogP contribution in [0.15, 0.2) is 36.4 Å². The first-order valence-corrected chi connectivity index (χ1v) is 9.18. The highest BCUT2D eigenvalue weighted by Gasteiger charge is 2.23. The summed E-state index contributed by atoms with van der Waals surface area (Å²) in [6, 6.07) is 11.2. The normalized spacial score (nSPS) is 17.2. The zero-order valence-electron chi connectivity index (χ0n) is 15.6. The summed E-state index contributed by atoms with van der Waals surface area (Å²) in [6.07, 6.45) is 2.38. The third-order valence-corrected chi connectivity index (χ3v) is 4.33. The average molecular weight is 354 g/mol. The van der Waals surface area contributed by atoms with Gasteiger partial charge in [-0.3, -0.25) is 4.79 Å². The number of carbonyl (C=O) groups is 1. The Bertz CT molecular complexity index is 728. The fourth-order valence-corrected chi connectivity index (χ4v) is 3.09. The number of carbonyl (C=O) groups excluding carboxylic acids is 1. The van der Waals surface area contributed by atoms with Gasteiger partial charge in [0.2, 0.25) is 0 Å². The SMILES string of the molecule is CC1CCCN(C(=O)c2ccc(Nc3ccc(OC(C)C)cc3)nn2)C1. The third kappa shape index (κ3) is 4.71. The Morgan fingerprint density at radius 2 is 1.96 bits per heavy atom. The maximum Gasteiger partial charge on any atom is 0.274 e. The number of hydrogen-bond donors (Lipinski definition) is 1. The molecule has 1 aromatic heterocycles. The van der Waals surface area contributed by atoms with Crippen LogP contribution in [0.5, 0.6) is 5.75 Å². The summed E-state index contributed by atoms with van der Waals surface area (Å²) in [6.45, 7) is 7.76. The molecule has 3 rings (SSSR count). The zero-order chi connectivity index (χ0) is 18.5. The number of amides is 1. The van der Waals surface area contributed by atoms with Crippen LogP contribution in [0.3, 0.4) is 0 Å². The molecule has 2 aromatic rings. The van der Waals surface area contributed by atoms with Crippen molar-refractivity contribution in [3.8, 4) is 5.75 Å². The van der Waals surface area contributed by atoms with E-state index >= 15 is 0 Å². The molecule has 1 aromatic carbocycles. The molecule has 1 saturated heterocycles. The standard InChI is InChI=1S/C20H26N4O2/c1-14(2)26-17-8-6-16(7-9-17)21-19-11-10-18(22-23-19)20(25)24-12-4-5-15(3)13-24/h6-11,14-15H,4-5,12-13H2,1-3H3,(H,21,23). The van der Waals surface area contributed by atoms with Crippen molar-refractivity contribution in [2.24, 2.45) is 5.92 Å². The van der Waals surface area contributed by atoms with Crippen LogP contribution in [-0.4, -0.2) is 40.2 Å². The molecule has 1 unspecified atom stereocenters. The fourth-order valence-electron chi connectivity index (χ4n) is 3.09. The van der Waals surface area contributed by atoms with Crippen molar-refractivity contribution in [3.63, 3.8) is 0 Å². The van der Waals surface area contributed by atoms with E-state index in [9.17, 15) is 4.79 Å². The summed E-state index contributed by atoms with van der Waals surface area (Å²) in [5.41, 5.74) is 1.28. The molecule has 2 heterocycles. The van der Waals surface area contributed by atoms with Gasteiger partial charge in [-0.1, -0.05) is 6.92 Å². The Labute approximate surface area is 154 Å². The number of benzene rings is 1. The summed E-state index contributed by atoms with van der Waals surface area (Å²) < 4.78 is 5.63. The maximum absolute atomic E-state index is 12.5. The molecule has 26 heavy (non-hydrogen) atoms. The Balaban J connectivity index is 1.61. The largest absolute Gasteiger partial charge is 0.491 e. The van der Waals surface area contributed by atoms with Crippen LogP contribution >= 0.6 is 0 Å². The van der Waals surface area contributed by atoms with Crippen LogP contribution in [0.25, 0.3) is 0 Å². The first-order chi connectivity index (χ1) is 12.5. The lowest BCUT2D eigenvalue weighted by atomic mass is 10.00. The highest BCUT2D eigenvalue weighted by atomic mass is 16.5. The summed E-state index contributed by atoms with van der Waals surface area (Å²) in [5.74, 6) is 1.94. The minimum absolute atomic E-state index is 0.0363. The van der Waals surface area contributed by atoms with Crippen LogP contribution in [0.4, 0.5) is 11.5 Å². The van der Waals surface area contributed by atoms with E-state index in [1.165, 1.54) is 6.42 Å². The summed E-state index contributed by atoms with van der Waals surface area (Å²) in [5, 5.41) is 11.4. The van der Waals surface area contributed by atoms with Crippen LogP contribution in [0.1, 0.15) is 44.1 Å². The van der Waals surface area contributed by atoms with Gasteiger partial charge in [-0.25, -0.2) is 0 Å². The van der Waals surface area contributed by atoms with Gasteiger partial charge in [0, 0.05) is 18.8 Å². The molecule has 1 aliphatic rings. The van der Waals surface area contributed by atoms with Crippen molar-refractivity contribution >= 4 is 17.4 Å². The Morgan fingerprint density at radius 1 is 1.19 bits per heavy atom. The lowest BCUT2D eigenvalue weighted by Crippen LogP contribution is -2.39. The molecule has 0 spiro atoms.